The number of carbonyl (C=O) groups excluding carboxylic acids is 1. The average Bonchev–Trinajstić information content (AvgIpc) is 2.73. The highest BCUT2D eigenvalue weighted by atomic mass is 32.2. The number of sulfonamides is 1. The van der Waals surface area contributed by atoms with Crippen LogP contribution in [0.3, 0.4) is 0 Å². The Morgan fingerprint density at radius 1 is 1.04 bits per heavy atom. The van der Waals surface area contributed by atoms with Crippen molar-refractivity contribution in [2.75, 3.05) is 26.7 Å². The van der Waals surface area contributed by atoms with Crippen LogP contribution in [0.15, 0.2) is 59.5 Å². The van der Waals surface area contributed by atoms with Crippen LogP contribution in [0.5, 0.6) is 0 Å². The highest BCUT2D eigenvalue weighted by Crippen LogP contribution is 2.13. The Morgan fingerprint density at radius 2 is 1.64 bits per heavy atom. The number of nitrogens with zero attached hydrogens (tertiary/aromatic N) is 1. The number of esters is 1. The van der Waals surface area contributed by atoms with Gasteiger partial charge >= 0.3 is 5.97 Å². The Morgan fingerprint density at radius 3 is 2.18 bits per heavy atom. The number of methoxy groups -OCH3 is 1. The quantitative estimate of drug-likeness (QED) is 0.616. The van der Waals surface area contributed by atoms with Crippen LogP contribution < -0.4 is 4.72 Å². The van der Waals surface area contributed by atoms with Crippen molar-refractivity contribution >= 4 is 16.0 Å². The monoisotopic (exact) mass is 404 g/mol. The van der Waals surface area contributed by atoms with Crippen molar-refractivity contribution in [1.29, 1.82) is 0 Å². The fourth-order valence-corrected chi connectivity index (χ4v) is 4.21. The van der Waals surface area contributed by atoms with Crippen LogP contribution in [0, 0.1) is 0 Å². The van der Waals surface area contributed by atoms with Gasteiger partial charge in [-0.1, -0.05) is 44.2 Å². The molecule has 0 saturated carbocycles. The van der Waals surface area contributed by atoms with Crippen LogP contribution in [-0.4, -0.2) is 52.1 Å². The predicted molar refractivity (Wildman–Crippen MR) is 110 cm³/mol. The minimum absolute atomic E-state index is 0.0431. The predicted octanol–water partition coefficient (Wildman–Crippen LogP) is 2.70. The van der Waals surface area contributed by atoms with Crippen molar-refractivity contribution in [1.82, 2.24) is 9.62 Å². The van der Waals surface area contributed by atoms with E-state index >= 15 is 0 Å². The molecule has 152 valence electrons. The molecule has 1 atom stereocenters. The van der Waals surface area contributed by atoms with Gasteiger partial charge in [-0.05, 0) is 49.3 Å². The van der Waals surface area contributed by atoms with Crippen LogP contribution in [0.25, 0.3) is 0 Å². The third kappa shape index (κ3) is 5.89. The average molecular weight is 405 g/mol. The second-order valence-corrected chi connectivity index (χ2v) is 8.20. The van der Waals surface area contributed by atoms with Gasteiger partial charge in [-0.15, -0.1) is 0 Å². The molecule has 2 rings (SSSR count). The molecule has 1 N–H and O–H groups in total. The van der Waals surface area contributed by atoms with E-state index in [0.717, 1.165) is 19.5 Å². The number of rotatable bonds is 10. The maximum Gasteiger partial charge on any atom is 0.337 e. The summed E-state index contributed by atoms with van der Waals surface area (Å²) in [5, 5.41) is 0. The summed E-state index contributed by atoms with van der Waals surface area (Å²) >= 11 is 0. The molecule has 0 radical (unpaired) electrons. The van der Waals surface area contributed by atoms with E-state index in [9.17, 15) is 13.2 Å². The van der Waals surface area contributed by atoms with Gasteiger partial charge in [0.15, 0.2) is 0 Å². The first kappa shape index (κ1) is 22.1. The number of carbonyl (C=O) groups is 1. The van der Waals surface area contributed by atoms with Gasteiger partial charge in [-0.3, -0.25) is 4.90 Å². The van der Waals surface area contributed by atoms with Crippen molar-refractivity contribution in [3.8, 4) is 0 Å². The smallest absolute Gasteiger partial charge is 0.337 e. The number of benzene rings is 2. The van der Waals surface area contributed by atoms with Gasteiger partial charge in [0.2, 0.25) is 10.0 Å². The van der Waals surface area contributed by atoms with E-state index in [2.05, 4.69) is 40.3 Å². The summed E-state index contributed by atoms with van der Waals surface area (Å²) in [7, 11) is -2.39. The second-order valence-electron chi connectivity index (χ2n) is 6.43. The SMILES string of the molecule is CCN(CC)C(CNS(=O)(=O)c1ccc(C(=O)OC)cc1)Cc1ccccc1. The Balaban J connectivity index is 2.12. The maximum absolute atomic E-state index is 12.7. The van der Waals surface area contributed by atoms with E-state index in [1.807, 2.05) is 18.2 Å². The van der Waals surface area contributed by atoms with Crippen LogP contribution in [-0.2, 0) is 21.2 Å². The molecule has 0 saturated heterocycles. The topological polar surface area (TPSA) is 75.7 Å². The zero-order valence-corrected chi connectivity index (χ0v) is 17.4. The lowest BCUT2D eigenvalue weighted by Gasteiger charge is -2.30. The van der Waals surface area contributed by atoms with Crippen molar-refractivity contribution < 1.29 is 17.9 Å². The van der Waals surface area contributed by atoms with Crippen LogP contribution in [0.4, 0.5) is 0 Å². The number of hydrogen-bond donors (Lipinski definition) is 1. The minimum Gasteiger partial charge on any atom is -0.465 e. The van der Waals surface area contributed by atoms with Crippen molar-refractivity contribution in [3.05, 3.63) is 65.7 Å². The Hall–Kier alpha value is -2.22. The third-order valence-corrected chi connectivity index (χ3v) is 6.18. The first-order valence-corrected chi connectivity index (χ1v) is 10.9. The standard InChI is InChI=1S/C21H28N2O4S/c1-4-23(5-2)19(15-17-9-7-6-8-10-17)16-22-28(25,26)20-13-11-18(12-14-20)21(24)27-3/h6-14,19,22H,4-5,15-16H2,1-3H3. The summed E-state index contributed by atoms with van der Waals surface area (Å²) in [5.41, 5.74) is 1.48. The normalized spacial score (nSPS) is 12.7. The van der Waals surface area contributed by atoms with E-state index in [0.29, 0.717) is 12.1 Å². The summed E-state index contributed by atoms with van der Waals surface area (Å²) < 4.78 is 32.7. The molecular formula is C21H28N2O4S. The molecule has 2 aromatic carbocycles. The molecule has 0 heterocycles. The number of ether oxygens (including phenoxy) is 1. The first-order valence-electron chi connectivity index (χ1n) is 9.37. The van der Waals surface area contributed by atoms with Gasteiger partial charge in [-0.25, -0.2) is 17.9 Å². The third-order valence-electron chi connectivity index (χ3n) is 4.74. The fourth-order valence-electron chi connectivity index (χ4n) is 3.13. The zero-order chi connectivity index (χ0) is 20.6. The molecule has 6 nitrogen and oxygen atoms in total. The van der Waals surface area contributed by atoms with Gasteiger partial charge in [0.05, 0.1) is 17.6 Å². The number of likely N-dealkylation sites (N-methyl/N-ethyl adjacent to an activating group) is 1. The van der Waals surface area contributed by atoms with Crippen molar-refractivity contribution in [3.63, 3.8) is 0 Å². The van der Waals surface area contributed by atoms with Crippen LogP contribution >= 0.6 is 0 Å². The first-order chi connectivity index (χ1) is 13.4. The molecule has 0 aliphatic rings. The van der Waals surface area contributed by atoms with Crippen molar-refractivity contribution in [2.24, 2.45) is 0 Å². The lowest BCUT2D eigenvalue weighted by molar-refractivity contribution is 0.0600. The molecule has 7 heteroatoms. The minimum atomic E-state index is -3.68. The Bertz CT molecular complexity index is 848. The molecule has 0 aromatic heterocycles. The molecule has 28 heavy (non-hydrogen) atoms. The van der Waals surface area contributed by atoms with Gasteiger partial charge in [-0.2, -0.15) is 0 Å². The molecule has 0 fully saturated rings. The molecular weight excluding hydrogens is 376 g/mol. The van der Waals surface area contributed by atoms with Crippen LogP contribution in [0.2, 0.25) is 0 Å². The fraction of sp³-hybridized carbons (Fsp3) is 0.381. The molecule has 1 unspecified atom stereocenters. The van der Waals surface area contributed by atoms with E-state index in [1.54, 1.807) is 0 Å². The van der Waals surface area contributed by atoms with E-state index < -0.39 is 16.0 Å². The summed E-state index contributed by atoms with van der Waals surface area (Å²) in [5.74, 6) is -0.499. The van der Waals surface area contributed by atoms with E-state index in [1.165, 1.54) is 36.9 Å². The van der Waals surface area contributed by atoms with Gasteiger partial charge < -0.3 is 4.74 Å². The second kappa shape index (κ2) is 10.4. The molecule has 0 bridgehead atoms. The summed E-state index contributed by atoms with van der Waals surface area (Å²) in [6.45, 7) is 6.12. The molecule has 0 aliphatic carbocycles. The lowest BCUT2D eigenvalue weighted by Crippen LogP contribution is -2.45. The van der Waals surface area contributed by atoms with Gasteiger partial charge in [0, 0.05) is 12.6 Å². The van der Waals surface area contributed by atoms with Gasteiger partial charge in [0.25, 0.3) is 0 Å². The largest absolute Gasteiger partial charge is 0.465 e. The van der Waals surface area contributed by atoms with Crippen LogP contribution in [0.1, 0.15) is 29.8 Å². The molecule has 0 aliphatic heterocycles. The van der Waals surface area contributed by atoms with E-state index in [-0.39, 0.29) is 10.9 Å². The van der Waals surface area contributed by atoms with E-state index in [4.69, 9.17) is 0 Å². The Labute approximate surface area is 167 Å². The molecule has 2 aromatic rings. The summed E-state index contributed by atoms with van der Waals surface area (Å²) in [6, 6.07) is 15.8. The highest BCUT2D eigenvalue weighted by molar-refractivity contribution is 7.89. The number of hydrogen-bond acceptors (Lipinski definition) is 5. The number of nitrogens with one attached hydrogen (secondary N) is 1. The summed E-state index contributed by atoms with van der Waals surface area (Å²) in [6.07, 6.45) is 0.756. The van der Waals surface area contributed by atoms with Crippen molar-refractivity contribution in [2.45, 2.75) is 31.2 Å². The Kier molecular flexibility index (Phi) is 8.17. The maximum atomic E-state index is 12.7. The van der Waals surface area contributed by atoms with Gasteiger partial charge in [0.1, 0.15) is 0 Å². The lowest BCUT2D eigenvalue weighted by atomic mass is 10.0. The highest BCUT2D eigenvalue weighted by Gasteiger charge is 2.21. The zero-order valence-electron chi connectivity index (χ0n) is 16.6. The summed E-state index contributed by atoms with van der Waals surface area (Å²) in [4.78, 5) is 13.9. The molecule has 0 amide bonds. The molecule has 0 spiro atoms.